The van der Waals surface area contributed by atoms with E-state index < -0.39 is 5.97 Å². The molecule has 0 fully saturated rings. The fourth-order valence-corrected chi connectivity index (χ4v) is 1.86. The predicted octanol–water partition coefficient (Wildman–Crippen LogP) is 4.25. The lowest BCUT2D eigenvalue weighted by Crippen LogP contribution is -2.01. The van der Waals surface area contributed by atoms with E-state index in [1.807, 2.05) is 0 Å². The fraction of sp³-hybridized carbons (Fsp3) is 0.400. The Balaban J connectivity index is 2.71. The average Bonchev–Trinajstić information content (AvgIpc) is 2.33. The highest BCUT2D eigenvalue weighted by atomic mass is 35.5. The molecule has 0 amide bonds. The van der Waals surface area contributed by atoms with Gasteiger partial charge in [0.15, 0.2) is 0 Å². The van der Waals surface area contributed by atoms with Crippen LogP contribution in [0.3, 0.4) is 0 Å². The van der Waals surface area contributed by atoms with Crippen LogP contribution in [0.2, 0.25) is 5.02 Å². The number of benzene rings is 1. The van der Waals surface area contributed by atoms with Crippen molar-refractivity contribution in [3.8, 4) is 5.75 Å². The molecule has 0 heterocycles. The number of rotatable bonds is 7. The molecule has 0 saturated carbocycles. The van der Waals surface area contributed by atoms with Crippen molar-refractivity contribution in [1.29, 1.82) is 0 Å². The van der Waals surface area contributed by atoms with Gasteiger partial charge in [-0.15, -0.1) is 0 Å². The summed E-state index contributed by atoms with van der Waals surface area (Å²) in [5.41, 5.74) is 0.608. The molecule has 0 aliphatic rings. The zero-order valence-corrected chi connectivity index (χ0v) is 12.0. The SMILES string of the molecule is CC(C)CCCOc1cccc(Cl)c1/C=C/C(=O)O. The van der Waals surface area contributed by atoms with Crippen molar-refractivity contribution in [1.82, 2.24) is 0 Å². The van der Waals surface area contributed by atoms with Gasteiger partial charge >= 0.3 is 5.97 Å². The van der Waals surface area contributed by atoms with Gasteiger partial charge in [0.1, 0.15) is 5.75 Å². The summed E-state index contributed by atoms with van der Waals surface area (Å²) < 4.78 is 5.67. The van der Waals surface area contributed by atoms with E-state index in [1.54, 1.807) is 18.2 Å². The number of aliphatic carboxylic acids is 1. The number of hydrogen-bond donors (Lipinski definition) is 1. The Morgan fingerprint density at radius 3 is 2.84 bits per heavy atom. The molecule has 0 aliphatic carbocycles. The molecule has 0 radical (unpaired) electrons. The van der Waals surface area contributed by atoms with E-state index in [2.05, 4.69) is 13.8 Å². The summed E-state index contributed by atoms with van der Waals surface area (Å²) in [6.45, 7) is 4.94. The third-order valence-electron chi connectivity index (χ3n) is 2.59. The van der Waals surface area contributed by atoms with Gasteiger partial charge in [-0.05, 0) is 37.0 Å². The Bertz CT molecular complexity index is 453. The van der Waals surface area contributed by atoms with Crippen molar-refractivity contribution in [3.05, 3.63) is 34.9 Å². The van der Waals surface area contributed by atoms with Gasteiger partial charge in [-0.2, -0.15) is 0 Å². The molecular weight excluding hydrogens is 264 g/mol. The number of carbonyl (C=O) groups is 1. The predicted molar refractivity (Wildman–Crippen MR) is 77.7 cm³/mol. The van der Waals surface area contributed by atoms with Crippen LogP contribution in [-0.4, -0.2) is 17.7 Å². The van der Waals surface area contributed by atoms with Crippen LogP contribution >= 0.6 is 11.6 Å². The van der Waals surface area contributed by atoms with E-state index in [-0.39, 0.29) is 0 Å². The van der Waals surface area contributed by atoms with Gasteiger partial charge in [0, 0.05) is 11.6 Å². The number of hydrogen-bond acceptors (Lipinski definition) is 2. The van der Waals surface area contributed by atoms with E-state index in [4.69, 9.17) is 21.4 Å². The summed E-state index contributed by atoms with van der Waals surface area (Å²) >= 11 is 6.05. The maximum atomic E-state index is 10.6. The first-order valence-corrected chi connectivity index (χ1v) is 6.71. The van der Waals surface area contributed by atoms with Crippen LogP contribution in [0.5, 0.6) is 5.75 Å². The summed E-state index contributed by atoms with van der Waals surface area (Å²) in [5, 5.41) is 9.15. The number of carboxylic acids is 1. The highest BCUT2D eigenvalue weighted by Gasteiger charge is 2.06. The third-order valence-corrected chi connectivity index (χ3v) is 2.92. The van der Waals surface area contributed by atoms with Gasteiger partial charge in [0.2, 0.25) is 0 Å². The summed E-state index contributed by atoms with van der Waals surface area (Å²) in [4.78, 5) is 10.6. The number of carboxylic acid groups (broad SMARTS) is 1. The molecule has 104 valence electrons. The Morgan fingerprint density at radius 2 is 2.21 bits per heavy atom. The van der Waals surface area contributed by atoms with Crippen molar-refractivity contribution in [2.45, 2.75) is 26.7 Å². The van der Waals surface area contributed by atoms with Gasteiger partial charge in [-0.3, -0.25) is 0 Å². The average molecular weight is 283 g/mol. The monoisotopic (exact) mass is 282 g/mol. The van der Waals surface area contributed by atoms with Crippen molar-refractivity contribution in [3.63, 3.8) is 0 Å². The maximum Gasteiger partial charge on any atom is 0.328 e. The highest BCUT2D eigenvalue weighted by molar-refractivity contribution is 6.32. The molecule has 0 saturated heterocycles. The van der Waals surface area contributed by atoms with E-state index in [9.17, 15) is 4.79 Å². The van der Waals surface area contributed by atoms with Crippen molar-refractivity contribution < 1.29 is 14.6 Å². The quantitative estimate of drug-likeness (QED) is 0.600. The Kier molecular flexibility index (Phi) is 6.43. The van der Waals surface area contributed by atoms with Crippen LogP contribution in [-0.2, 0) is 4.79 Å². The third kappa shape index (κ3) is 5.79. The molecule has 1 rings (SSSR count). The van der Waals surface area contributed by atoms with Crippen LogP contribution in [0.4, 0.5) is 0 Å². The molecule has 0 bridgehead atoms. The largest absolute Gasteiger partial charge is 0.493 e. The zero-order valence-electron chi connectivity index (χ0n) is 11.2. The van der Waals surface area contributed by atoms with Gasteiger partial charge in [0.05, 0.1) is 11.6 Å². The summed E-state index contributed by atoms with van der Waals surface area (Å²) in [5.74, 6) is 0.258. The van der Waals surface area contributed by atoms with Gasteiger partial charge in [0.25, 0.3) is 0 Å². The minimum atomic E-state index is -1.01. The van der Waals surface area contributed by atoms with Crippen LogP contribution < -0.4 is 4.74 Å². The molecule has 1 N–H and O–H groups in total. The lowest BCUT2D eigenvalue weighted by atomic mass is 10.1. The fourth-order valence-electron chi connectivity index (χ4n) is 1.63. The molecule has 3 nitrogen and oxygen atoms in total. The van der Waals surface area contributed by atoms with Gasteiger partial charge in [-0.25, -0.2) is 4.79 Å². The zero-order chi connectivity index (χ0) is 14.3. The molecule has 0 aromatic heterocycles. The summed E-state index contributed by atoms with van der Waals surface area (Å²) in [7, 11) is 0. The van der Waals surface area contributed by atoms with E-state index in [1.165, 1.54) is 6.08 Å². The Morgan fingerprint density at radius 1 is 1.47 bits per heavy atom. The Hall–Kier alpha value is -1.48. The first-order valence-electron chi connectivity index (χ1n) is 6.33. The summed E-state index contributed by atoms with van der Waals surface area (Å²) in [6.07, 6.45) is 4.58. The van der Waals surface area contributed by atoms with Crippen molar-refractivity contribution >= 4 is 23.6 Å². The van der Waals surface area contributed by atoms with Crippen molar-refractivity contribution in [2.24, 2.45) is 5.92 Å². The molecule has 19 heavy (non-hydrogen) atoms. The lowest BCUT2D eigenvalue weighted by molar-refractivity contribution is -0.131. The van der Waals surface area contributed by atoms with Gasteiger partial charge in [-0.1, -0.05) is 31.5 Å². The van der Waals surface area contributed by atoms with E-state index in [0.717, 1.165) is 18.9 Å². The molecule has 4 heteroatoms. The smallest absolute Gasteiger partial charge is 0.328 e. The second-order valence-corrected chi connectivity index (χ2v) is 5.11. The lowest BCUT2D eigenvalue weighted by Gasteiger charge is -2.11. The topological polar surface area (TPSA) is 46.5 Å². The number of halogens is 1. The molecular formula is C15H19ClO3. The second-order valence-electron chi connectivity index (χ2n) is 4.71. The minimum Gasteiger partial charge on any atom is -0.493 e. The van der Waals surface area contributed by atoms with Gasteiger partial charge < -0.3 is 9.84 Å². The maximum absolute atomic E-state index is 10.6. The van der Waals surface area contributed by atoms with E-state index >= 15 is 0 Å². The normalized spacial score (nSPS) is 11.2. The second kappa shape index (κ2) is 7.85. The summed E-state index contributed by atoms with van der Waals surface area (Å²) in [6, 6.07) is 5.30. The first kappa shape index (κ1) is 15.6. The van der Waals surface area contributed by atoms with Crippen molar-refractivity contribution in [2.75, 3.05) is 6.61 Å². The first-order chi connectivity index (χ1) is 9.00. The molecule has 1 aromatic carbocycles. The minimum absolute atomic E-state index is 0.485. The van der Waals surface area contributed by atoms with E-state index in [0.29, 0.717) is 28.9 Å². The van der Waals surface area contributed by atoms with Crippen LogP contribution in [0.25, 0.3) is 6.08 Å². The highest BCUT2D eigenvalue weighted by Crippen LogP contribution is 2.28. The standard InChI is InChI=1S/C15H19ClO3/c1-11(2)5-4-10-19-14-7-3-6-13(16)12(14)8-9-15(17)18/h3,6-9,11H,4-5,10H2,1-2H3,(H,17,18)/b9-8+. The Labute approximate surface area is 118 Å². The molecule has 0 spiro atoms. The number of ether oxygens (including phenoxy) is 1. The van der Waals surface area contributed by atoms with Crippen LogP contribution in [0.15, 0.2) is 24.3 Å². The van der Waals surface area contributed by atoms with Crippen LogP contribution in [0, 0.1) is 5.92 Å². The van der Waals surface area contributed by atoms with Crippen LogP contribution in [0.1, 0.15) is 32.3 Å². The molecule has 0 unspecified atom stereocenters. The molecule has 0 atom stereocenters. The molecule has 1 aromatic rings. The molecule has 0 aliphatic heterocycles.